The SMILES string of the molecule is CNCc1cccc(Cl)c1Sc1ccncc1. The van der Waals surface area contributed by atoms with E-state index in [1.807, 2.05) is 31.3 Å². The summed E-state index contributed by atoms with van der Waals surface area (Å²) >= 11 is 7.92. The van der Waals surface area contributed by atoms with E-state index in [0.29, 0.717) is 0 Å². The van der Waals surface area contributed by atoms with E-state index < -0.39 is 0 Å². The first kappa shape index (κ1) is 12.4. The van der Waals surface area contributed by atoms with Gasteiger partial charge in [0.05, 0.1) is 5.02 Å². The Bertz CT molecular complexity index is 488. The first-order valence-corrected chi connectivity index (χ1v) is 6.50. The molecule has 0 unspecified atom stereocenters. The average molecular weight is 265 g/mol. The van der Waals surface area contributed by atoms with E-state index in [-0.39, 0.29) is 0 Å². The van der Waals surface area contributed by atoms with Crippen LogP contribution in [0.4, 0.5) is 0 Å². The molecule has 0 spiro atoms. The Hall–Kier alpha value is -1.03. The zero-order valence-electron chi connectivity index (χ0n) is 9.48. The molecule has 2 rings (SSSR count). The number of nitrogens with one attached hydrogen (secondary N) is 1. The molecule has 17 heavy (non-hydrogen) atoms. The fraction of sp³-hybridized carbons (Fsp3) is 0.154. The van der Waals surface area contributed by atoms with Crippen molar-refractivity contribution in [3.8, 4) is 0 Å². The predicted molar refractivity (Wildman–Crippen MR) is 72.6 cm³/mol. The van der Waals surface area contributed by atoms with Crippen molar-refractivity contribution in [2.45, 2.75) is 16.3 Å². The van der Waals surface area contributed by atoms with E-state index in [2.05, 4.69) is 16.4 Å². The Balaban J connectivity index is 2.31. The largest absolute Gasteiger partial charge is 0.316 e. The summed E-state index contributed by atoms with van der Waals surface area (Å²) in [5.41, 5.74) is 1.21. The van der Waals surface area contributed by atoms with Crippen molar-refractivity contribution >= 4 is 23.4 Å². The molecule has 0 amide bonds. The van der Waals surface area contributed by atoms with Gasteiger partial charge in [-0.15, -0.1) is 0 Å². The van der Waals surface area contributed by atoms with Gasteiger partial charge in [0, 0.05) is 28.7 Å². The summed E-state index contributed by atoms with van der Waals surface area (Å²) in [5.74, 6) is 0. The predicted octanol–water partition coefficient (Wildman–Crippen LogP) is 3.61. The van der Waals surface area contributed by atoms with Crippen LogP contribution in [-0.4, -0.2) is 12.0 Å². The van der Waals surface area contributed by atoms with Crippen molar-refractivity contribution in [2.24, 2.45) is 0 Å². The third kappa shape index (κ3) is 3.22. The average Bonchev–Trinajstić information content (AvgIpc) is 2.35. The highest BCUT2D eigenvalue weighted by Gasteiger charge is 2.08. The number of hydrogen-bond acceptors (Lipinski definition) is 3. The molecule has 0 saturated heterocycles. The van der Waals surface area contributed by atoms with E-state index in [0.717, 1.165) is 21.4 Å². The van der Waals surface area contributed by atoms with Crippen LogP contribution in [0.25, 0.3) is 0 Å². The molecular formula is C13H13ClN2S. The Kier molecular flexibility index (Phi) is 4.42. The number of nitrogens with zero attached hydrogens (tertiary/aromatic N) is 1. The summed E-state index contributed by atoms with van der Waals surface area (Å²) < 4.78 is 0. The molecule has 1 aromatic carbocycles. The fourth-order valence-electron chi connectivity index (χ4n) is 1.52. The first-order valence-electron chi connectivity index (χ1n) is 5.31. The minimum atomic E-state index is 0.791. The summed E-state index contributed by atoms with van der Waals surface area (Å²) in [6.07, 6.45) is 3.58. The van der Waals surface area contributed by atoms with Crippen LogP contribution in [0, 0.1) is 0 Å². The second kappa shape index (κ2) is 6.05. The van der Waals surface area contributed by atoms with E-state index in [4.69, 9.17) is 11.6 Å². The van der Waals surface area contributed by atoms with Gasteiger partial charge in [-0.25, -0.2) is 0 Å². The second-order valence-corrected chi connectivity index (χ2v) is 5.03. The van der Waals surface area contributed by atoms with Gasteiger partial charge in [0.2, 0.25) is 0 Å². The van der Waals surface area contributed by atoms with Crippen LogP contribution in [0.3, 0.4) is 0 Å². The summed E-state index contributed by atoms with van der Waals surface area (Å²) in [4.78, 5) is 6.26. The highest BCUT2D eigenvalue weighted by atomic mass is 35.5. The molecule has 1 N–H and O–H groups in total. The van der Waals surface area contributed by atoms with Gasteiger partial charge < -0.3 is 5.32 Å². The smallest absolute Gasteiger partial charge is 0.0548 e. The molecule has 1 heterocycles. The fourth-order valence-corrected chi connectivity index (χ4v) is 2.76. The van der Waals surface area contributed by atoms with Gasteiger partial charge >= 0.3 is 0 Å². The van der Waals surface area contributed by atoms with E-state index in [9.17, 15) is 0 Å². The molecule has 88 valence electrons. The lowest BCUT2D eigenvalue weighted by Crippen LogP contribution is -2.06. The molecule has 0 bridgehead atoms. The van der Waals surface area contributed by atoms with E-state index >= 15 is 0 Å². The molecule has 0 radical (unpaired) electrons. The van der Waals surface area contributed by atoms with Gasteiger partial charge in [-0.3, -0.25) is 4.98 Å². The minimum Gasteiger partial charge on any atom is -0.316 e. The molecule has 0 atom stereocenters. The molecule has 2 nitrogen and oxygen atoms in total. The normalized spacial score (nSPS) is 10.5. The Morgan fingerprint density at radius 1 is 1.24 bits per heavy atom. The zero-order valence-corrected chi connectivity index (χ0v) is 11.1. The van der Waals surface area contributed by atoms with Crippen molar-refractivity contribution in [3.05, 3.63) is 53.3 Å². The first-order chi connectivity index (χ1) is 8.31. The van der Waals surface area contributed by atoms with Crippen molar-refractivity contribution in [1.82, 2.24) is 10.3 Å². The highest BCUT2D eigenvalue weighted by molar-refractivity contribution is 7.99. The molecule has 0 aliphatic heterocycles. The summed E-state index contributed by atoms with van der Waals surface area (Å²) in [6.45, 7) is 0.813. The summed E-state index contributed by atoms with van der Waals surface area (Å²) in [5, 5.41) is 3.94. The Labute approximate surface area is 110 Å². The van der Waals surface area contributed by atoms with Gasteiger partial charge in [-0.1, -0.05) is 35.5 Å². The molecule has 0 saturated carbocycles. The summed E-state index contributed by atoms with van der Waals surface area (Å²) in [6, 6.07) is 9.95. The van der Waals surface area contributed by atoms with Crippen molar-refractivity contribution in [1.29, 1.82) is 0 Å². The van der Waals surface area contributed by atoms with Gasteiger partial charge in [0.1, 0.15) is 0 Å². The number of halogens is 1. The van der Waals surface area contributed by atoms with Gasteiger partial charge in [-0.2, -0.15) is 0 Å². The number of aromatic nitrogens is 1. The van der Waals surface area contributed by atoms with E-state index in [1.165, 1.54) is 5.56 Å². The quantitative estimate of drug-likeness (QED) is 0.913. The van der Waals surface area contributed by atoms with Gasteiger partial charge in [0.15, 0.2) is 0 Å². The number of pyridine rings is 1. The third-order valence-electron chi connectivity index (χ3n) is 2.29. The molecule has 0 fully saturated rings. The topological polar surface area (TPSA) is 24.9 Å². The lowest BCUT2D eigenvalue weighted by molar-refractivity contribution is 0.803. The molecular weight excluding hydrogens is 252 g/mol. The Morgan fingerprint density at radius 2 is 2.00 bits per heavy atom. The van der Waals surface area contributed by atoms with Gasteiger partial charge in [-0.05, 0) is 30.8 Å². The maximum atomic E-state index is 6.25. The number of rotatable bonds is 4. The monoisotopic (exact) mass is 264 g/mol. The third-order valence-corrected chi connectivity index (χ3v) is 3.91. The maximum Gasteiger partial charge on any atom is 0.0548 e. The number of benzene rings is 1. The van der Waals surface area contributed by atoms with Crippen LogP contribution in [0.1, 0.15) is 5.56 Å². The van der Waals surface area contributed by atoms with Gasteiger partial charge in [0.25, 0.3) is 0 Å². The van der Waals surface area contributed by atoms with Crippen LogP contribution in [0.5, 0.6) is 0 Å². The van der Waals surface area contributed by atoms with Crippen molar-refractivity contribution in [2.75, 3.05) is 7.05 Å². The van der Waals surface area contributed by atoms with E-state index in [1.54, 1.807) is 24.2 Å². The molecule has 0 aliphatic rings. The Morgan fingerprint density at radius 3 is 2.71 bits per heavy atom. The second-order valence-electron chi connectivity index (χ2n) is 3.54. The maximum absolute atomic E-state index is 6.25. The number of hydrogen-bond donors (Lipinski definition) is 1. The van der Waals surface area contributed by atoms with Crippen molar-refractivity contribution < 1.29 is 0 Å². The molecule has 1 aromatic heterocycles. The van der Waals surface area contributed by atoms with Crippen LogP contribution in [-0.2, 0) is 6.54 Å². The van der Waals surface area contributed by atoms with Crippen LogP contribution >= 0.6 is 23.4 Å². The van der Waals surface area contributed by atoms with Crippen LogP contribution in [0.2, 0.25) is 5.02 Å². The van der Waals surface area contributed by atoms with Crippen LogP contribution < -0.4 is 5.32 Å². The molecule has 0 aliphatic carbocycles. The highest BCUT2D eigenvalue weighted by Crippen LogP contribution is 2.35. The van der Waals surface area contributed by atoms with Crippen LogP contribution in [0.15, 0.2) is 52.5 Å². The lowest BCUT2D eigenvalue weighted by Gasteiger charge is -2.10. The zero-order chi connectivity index (χ0) is 12.1. The summed E-state index contributed by atoms with van der Waals surface area (Å²) in [7, 11) is 1.93. The standard InChI is InChI=1S/C13H13ClN2S/c1-15-9-10-3-2-4-12(14)13(10)17-11-5-7-16-8-6-11/h2-8,15H,9H2,1H3. The molecule has 2 aromatic rings. The lowest BCUT2D eigenvalue weighted by atomic mass is 10.2. The molecule has 4 heteroatoms. The minimum absolute atomic E-state index is 0.791. The van der Waals surface area contributed by atoms with Crippen molar-refractivity contribution in [3.63, 3.8) is 0 Å².